The Morgan fingerprint density at radius 1 is 1.41 bits per heavy atom. The number of hydrogen-bond donors (Lipinski definition) is 1. The van der Waals surface area contributed by atoms with Crippen molar-refractivity contribution >= 4 is 33.9 Å². The molecule has 2 rings (SSSR count). The highest BCUT2D eigenvalue weighted by Crippen LogP contribution is 2.38. The van der Waals surface area contributed by atoms with Crippen molar-refractivity contribution in [1.29, 1.82) is 0 Å². The Morgan fingerprint density at radius 3 is 2.91 bits per heavy atom. The third kappa shape index (κ3) is 4.29. The van der Waals surface area contributed by atoms with Gasteiger partial charge in [-0.1, -0.05) is 23.1 Å². The van der Waals surface area contributed by atoms with Gasteiger partial charge in [-0.15, -0.1) is 10.2 Å². The number of nitrogens with one attached hydrogen (secondary N) is 1. The predicted octanol–water partition coefficient (Wildman–Crippen LogP) is 2.66. The fourth-order valence-electron chi connectivity index (χ4n) is 1.53. The summed E-state index contributed by atoms with van der Waals surface area (Å²) in [5.41, 5.74) is -0.0135. The number of methoxy groups -OCH3 is 2. The van der Waals surface area contributed by atoms with Crippen LogP contribution in [0.3, 0.4) is 0 Å². The van der Waals surface area contributed by atoms with Gasteiger partial charge in [0.2, 0.25) is 5.13 Å². The van der Waals surface area contributed by atoms with E-state index in [1.807, 2.05) is 0 Å². The van der Waals surface area contributed by atoms with E-state index in [2.05, 4.69) is 15.5 Å². The first-order chi connectivity index (χ1) is 10.6. The fraction of sp³-hybridized carbons (Fsp3) is 0.333. The second kappa shape index (κ2) is 7.92. The van der Waals surface area contributed by atoms with Crippen LogP contribution in [0, 0.1) is 10.1 Å². The number of ether oxygens (including phenoxy) is 2. The molecule has 8 nitrogen and oxygen atoms in total. The summed E-state index contributed by atoms with van der Waals surface area (Å²) in [5, 5.41) is 22.6. The average Bonchev–Trinajstić information content (AvgIpc) is 2.95. The van der Waals surface area contributed by atoms with Crippen LogP contribution in [-0.4, -0.2) is 42.5 Å². The van der Waals surface area contributed by atoms with Crippen LogP contribution in [0.2, 0.25) is 0 Å². The van der Waals surface area contributed by atoms with E-state index in [-0.39, 0.29) is 5.69 Å². The molecular weight excluding hydrogens is 328 g/mol. The van der Waals surface area contributed by atoms with Gasteiger partial charge in [-0.05, 0) is 6.07 Å². The number of hydrogen-bond acceptors (Lipinski definition) is 9. The second-order valence-corrected chi connectivity index (χ2v) is 6.25. The van der Waals surface area contributed by atoms with Crippen molar-refractivity contribution in [2.45, 2.75) is 9.24 Å². The molecule has 118 valence electrons. The van der Waals surface area contributed by atoms with Crippen molar-refractivity contribution < 1.29 is 14.4 Å². The van der Waals surface area contributed by atoms with Gasteiger partial charge in [0, 0.05) is 19.7 Å². The first-order valence-electron chi connectivity index (χ1n) is 6.20. The summed E-state index contributed by atoms with van der Waals surface area (Å²) >= 11 is 2.74. The minimum atomic E-state index is -0.459. The lowest BCUT2D eigenvalue weighted by molar-refractivity contribution is -0.385. The van der Waals surface area contributed by atoms with Crippen molar-refractivity contribution in [2.24, 2.45) is 0 Å². The van der Waals surface area contributed by atoms with Crippen molar-refractivity contribution in [2.75, 3.05) is 32.7 Å². The Bertz CT molecular complexity index is 650. The van der Waals surface area contributed by atoms with E-state index in [9.17, 15) is 10.1 Å². The first kappa shape index (κ1) is 16.5. The van der Waals surface area contributed by atoms with E-state index in [4.69, 9.17) is 9.47 Å². The number of aromatic nitrogens is 2. The van der Waals surface area contributed by atoms with Crippen LogP contribution in [0.25, 0.3) is 0 Å². The number of nitro groups is 1. The zero-order chi connectivity index (χ0) is 15.9. The van der Waals surface area contributed by atoms with E-state index in [0.29, 0.717) is 28.4 Å². The van der Waals surface area contributed by atoms with E-state index in [0.717, 1.165) is 4.90 Å². The molecule has 10 heteroatoms. The number of nitro benzene ring substituents is 1. The summed E-state index contributed by atoms with van der Waals surface area (Å²) in [7, 11) is 3.10. The molecular formula is C12H14N4O4S2. The van der Waals surface area contributed by atoms with Crippen LogP contribution in [0.1, 0.15) is 0 Å². The molecule has 22 heavy (non-hydrogen) atoms. The quantitative estimate of drug-likeness (QED) is 0.444. The number of rotatable bonds is 8. The van der Waals surface area contributed by atoms with Crippen LogP contribution in [0.15, 0.2) is 27.4 Å². The van der Waals surface area contributed by atoms with E-state index >= 15 is 0 Å². The van der Waals surface area contributed by atoms with E-state index in [1.165, 1.54) is 42.3 Å². The molecule has 2 aromatic rings. The van der Waals surface area contributed by atoms with Crippen molar-refractivity contribution in [3.63, 3.8) is 0 Å². The van der Waals surface area contributed by atoms with Gasteiger partial charge in [-0.3, -0.25) is 10.1 Å². The van der Waals surface area contributed by atoms with Gasteiger partial charge in [0.15, 0.2) is 4.34 Å². The highest BCUT2D eigenvalue weighted by Gasteiger charge is 2.14. The molecule has 0 fully saturated rings. The van der Waals surface area contributed by atoms with Gasteiger partial charge in [0.25, 0.3) is 5.69 Å². The van der Waals surface area contributed by atoms with Gasteiger partial charge in [-0.2, -0.15) is 0 Å². The molecule has 0 amide bonds. The maximum atomic E-state index is 10.8. The van der Waals surface area contributed by atoms with Crippen LogP contribution in [0.5, 0.6) is 5.75 Å². The topological polar surface area (TPSA) is 99.4 Å². The summed E-state index contributed by atoms with van der Waals surface area (Å²) in [5.74, 6) is 0.434. The standard InChI is InChI=1S/C12H14N4O4S2/c1-19-6-5-13-11-14-15-12(22-11)21-10-4-3-8(16(17)18)7-9(10)20-2/h3-4,7H,5-6H2,1-2H3,(H,13,14). The van der Waals surface area contributed by atoms with Crippen molar-refractivity contribution in [3.8, 4) is 5.75 Å². The van der Waals surface area contributed by atoms with Gasteiger partial charge in [0.1, 0.15) is 5.75 Å². The molecule has 1 aromatic carbocycles. The second-order valence-electron chi connectivity index (χ2n) is 3.99. The third-order valence-corrected chi connectivity index (χ3v) is 4.53. The smallest absolute Gasteiger partial charge is 0.273 e. The summed E-state index contributed by atoms with van der Waals surface area (Å²) in [6.45, 7) is 1.23. The Balaban J connectivity index is 2.08. The Labute approximate surface area is 135 Å². The van der Waals surface area contributed by atoms with Gasteiger partial charge in [-0.25, -0.2) is 0 Å². The van der Waals surface area contributed by atoms with E-state index < -0.39 is 4.92 Å². The van der Waals surface area contributed by atoms with Crippen LogP contribution in [-0.2, 0) is 4.74 Å². The van der Waals surface area contributed by atoms with Crippen LogP contribution in [0.4, 0.5) is 10.8 Å². The number of nitrogens with zero attached hydrogens (tertiary/aromatic N) is 3. The Hall–Kier alpha value is -1.91. The molecule has 0 unspecified atom stereocenters. The molecule has 1 heterocycles. The Kier molecular flexibility index (Phi) is 5.92. The summed E-state index contributed by atoms with van der Waals surface area (Å²) in [6.07, 6.45) is 0. The van der Waals surface area contributed by atoms with Crippen molar-refractivity contribution in [3.05, 3.63) is 28.3 Å². The highest BCUT2D eigenvalue weighted by atomic mass is 32.2. The molecule has 1 N–H and O–H groups in total. The van der Waals surface area contributed by atoms with Crippen LogP contribution < -0.4 is 10.1 Å². The minimum absolute atomic E-state index is 0.0135. The summed E-state index contributed by atoms with van der Waals surface area (Å²) in [4.78, 5) is 11.1. The van der Waals surface area contributed by atoms with Gasteiger partial charge < -0.3 is 14.8 Å². The molecule has 0 aliphatic heterocycles. The largest absolute Gasteiger partial charge is 0.495 e. The fourth-order valence-corrected chi connectivity index (χ4v) is 3.36. The molecule has 0 spiro atoms. The van der Waals surface area contributed by atoms with Crippen molar-refractivity contribution in [1.82, 2.24) is 10.2 Å². The van der Waals surface area contributed by atoms with Gasteiger partial charge >= 0.3 is 0 Å². The predicted molar refractivity (Wildman–Crippen MR) is 84.0 cm³/mol. The highest BCUT2D eigenvalue weighted by molar-refractivity contribution is 8.01. The maximum absolute atomic E-state index is 10.8. The molecule has 0 atom stereocenters. The molecule has 0 saturated heterocycles. The lowest BCUT2D eigenvalue weighted by Gasteiger charge is -2.05. The lowest BCUT2D eigenvalue weighted by atomic mass is 10.3. The molecule has 0 aliphatic carbocycles. The SMILES string of the molecule is COCCNc1nnc(Sc2ccc([N+](=O)[O-])cc2OC)s1. The average molecular weight is 342 g/mol. The third-order valence-electron chi connectivity index (χ3n) is 2.54. The molecule has 0 aliphatic rings. The monoisotopic (exact) mass is 342 g/mol. The maximum Gasteiger partial charge on any atom is 0.273 e. The molecule has 0 bridgehead atoms. The number of non-ortho nitro benzene ring substituents is 1. The summed E-state index contributed by atoms with van der Waals surface area (Å²) in [6, 6.07) is 4.46. The zero-order valence-corrected chi connectivity index (χ0v) is 13.6. The first-order valence-corrected chi connectivity index (χ1v) is 7.84. The molecule has 0 saturated carbocycles. The molecule has 1 aromatic heterocycles. The number of benzene rings is 1. The van der Waals surface area contributed by atoms with Crippen LogP contribution >= 0.6 is 23.1 Å². The Morgan fingerprint density at radius 2 is 2.23 bits per heavy atom. The lowest BCUT2D eigenvalue weighted by Crippen LogP contribution is -2.06. The zero-order valence-electron chi connectivity index (χ0n) is 11.9. The molecule has 0 radical (unpaired) electrons. The summed E-state index contributed by atoms with van der Waals surface area (Å²) < 4.78 is 10.9. The minimum Gasteiger partial charge on any atom is -0.495 e. The van der Waals surface area contributed by atoms with E-state index in [1.54, 1.807) is 13.2 Å². The normalized spacial score (nSPS) is 10.5. The number of anilines is 1. The van der Waals surface area contributed by atoms with Gasteiger partial charge in [0.05, 0.1) is 29.6 Å².